The second kappa shape index (κ2) is 9.42. The van der Waals surface area contributed by atoms with Gasteiger partial charge in [0, 0.05) is 6.54 Å². The van der Waals surface area contributed by atoms with Crippen LogP contribution in [0.15, 0.2) is 77.9 Å². The maximum Gasteiger partial charge on any atom is 0.267 e. The summed E-state index contributed by atoms with van der Waals surface area (Å²) in [4.78, 5) is 25.4. The van der Waals surface area contributed by atoms with Crippen molar-refractivity contribution in [1.29, 1.82) is 0 Å². The van der Waals surface area contributed by atoms with Crippen LogP contribution in [0, 0.1) is 0 Å². The standard InChI is InChI=1S/C26H27N5O2/c32-25(27-15-7-10-19-8-2-1-3-9-19)17-30-26(33)24-16-23(29-31(24)18-28-30)22-14-6-12-20-11-4-5-13-21(20)22/h1-6,8-9,11-14,18,23-24,29H,7,10,15-17H2,(H,27,32). The van der Waals surface area contributed by atoms with Crippen molar-refractivity contribution in [3.8, 4) is 0 Å². The fourth-order valence-electron chi connectivity index (χ4n) is 4.57. The molecule has 0 radical (unpaired) electrons. The maximum absolute atomic E-state index is 13.0. The van der Waals surface area contributed by atoms with Crippen LogP contribution >= 0.6 is 0 Å². The molecular formula is C26H27N5O2. The molecule has 3 aromatic rings. The zero-order valence-electron chi connectivity index (χ0n) is 18.4. The summed E-state index contributed by atoms with van der Waals surface area (Å²) in [5, 5.41) is 12.5. The van der Waals surface area contributed by atoms with E-state index in [0.717, 1.165) is 18.4 Å². The molecule has 0 spiro atoms. The van der Waals surface area contributed by atoms with Gasteiger partial charge in [0.15, 0.2) is 0 Å². The number of benzene rings is 3. The molecule has 2 amide bonds. The number of nitrogens with one attached hydrogen (secondary N) is 2. The Balaban J connectivity index is 1.16. The fraction of sp³-hybridized carbons (Fsp3) is 0.269. The van der Waals surface area contributed by atoms with Crippen molar-refractivity contribution in [2.75, 3.05) is 13.1 Å². The Morgan fingerprint density at radius 2 is 1.82 bits per heavy atom. The summed E-state index contributed by atoms with van der Waals surface area (Å²) in [6.07, 6.45) is 3.98. The van der Waals surface area contributed by atoms with Crippen molar-refractivity contribution in [3.05, 3.63) is 83.9 Å². The van der Waals surface area contributed by atoms with Crippen LogP contribution < -0.4 is 10.7 Å². The Kier molecular flexibility index (Phi) is 6.04. The average Bonchev–Trinajstić information content (AvgIpc) is 3.29. The summed E-state index contributed by atoms with van der Waals surface area (Å²) in [7, 11) is 0. The first kappa shape index (κ1) is 21.2. The van der Waals surface area contributed by atoms with Crippen molar-refractivity contribution in [3.63, 3.8) is 0 Å². The van der Waals surface area contributed by atoms with E-state index in [1.54, 1.807) is 11.3 Å². The van der Waals surface area contributed by atoms with Crippen molar-refractivity contribution in [2.24, 2.45) is 5.10 Å². The topological polar surface area (TPSA) is 77.0 Å². The molecule has 0 aromatic heterocycles. The lowest BCUT2D eigenvalue weighted by atomic mass is 9.96. The van der Waals surface area contributed by atoms with E-state index >= 15 is 0 Å². The molecule has 2 unspecified atom stereocenters. The van der Waals surface area contributed by atoms with Gasteiger partial charge >= 0.3 is 0 Å². The molecule has 0 bridgehead atoms. The molecule has 2 aliphatic rings. The molecule has 0 saturated carbocycles. The molecule has 168 valence electrons. The van der Waals surface area contributed by atoms with Gasteiger partial charge < -0.3 is 5.32 Å². The molecule has 0 aliphatic carbocycles. The SMILES string of the molecule is O=C(CN1N=CN2NC(c3cccc4ccccc34)CC2C1=O)NCCCc1ccccc1. The Labute approximate surface area is 193 Å². The second-order valence-corrected chi connectivity index (χ2v) is 8.47. The van der Waals surface area contributed by atoms with Gasteiger partial charge in [-0.15, -0.1) is 0 Å². The first-order valence-corrected chi connectivity index (χ1v) is 11.4. The number of carbonyl (C=O) groups is 2. The number of hydrazone groups is 1. The minimum atomic E-state index is -0.377. The molecule has 5 rings (SSSR count). The van der Waals surface area contributed by atoms with Crippen LogP contribution in [0.5, 0.6) is 0 Å². The van der Waals surface area contributed by atoms with Crippen LogP contribution in [-0.4, -0.2) is 47.3 Å². The van der Waals surface area contributed by atoms with E-state index in [-0.39, 0.29) is 30.4 Å². The number of rotatable bonds is 7. The number of aryl methyl sites for hydroxylation is 1. The molecule has 3 aromatic carbocycles. The number of nitrogens with zero attached hydrogens (tertiary/aromatic N) is 3. The lowest BCUT2D eigenvalue weighted by Crippen LogP contribution is -2.52. The largest absolute Gasteiger partial charge is 0.354 e. The average molecular weight is 442 g/mol. The van der Waals surface area contributed by atoms with E-state index in [9.17, 15) is 9.59 Å². The number of amides is 2. The molecule has 7 heteroatoms. The fourth-order valence-corrected chi connectivity index (χ4v) is 4.57. The number of hydrogen-bond acceptors (Lipinski definition) is 5. The van der Waals surface area contributed by atoms with Crippen molar-refractivity contribution < 1.29 is 9.59 Å². The van der Waals surface area contributed by atoms with Gasteiger partial charge in [-0.05, 0) is 41.2 Å². The predicted molar refractivity (Wildman–Crippen MR) is 128 cm³/mol. The van der Waals surface area contributed by atoms with E-state index in [1.165, 1.54) is 21.3 Å². The highest BCUT2D eigenvalue weighted by Gasteiger charge is 2.41. The quantitative estimate of drug-likeness (QED) is 0.553. The number of carbonyl (C=O) groups excluding carboxylic acids is 2. The lowest BCUT2D eigenvalue weighted by Gasteiger charge is -2.29. The number of hydrogen-bond donors (Lipinski definition) is 2. The minimum Gasteiger partial charge on any atom is -0.354 e. The van der Waals surface area contributed by atoms with Gasteiger partial charge in [0.2, 0.25) is 5.91 Å². The zero-order chi connectivity index (χ0) is 22.6. The van der Waals surface area contributed by atoms with Gasteiger partial charge in [0.1, 0.15) is 18.9 Å². The number of hydrazine groups is 1. The molecule has 1 fully saturated rings. The summed E-state index contributed by atoms with van der Waals surface area (Å²) in [6.45, 7) is 0.504. The molecule has 2 atom stereocenters. The molecule has 7 nitrogen and oxygen atoms in total. The highest BCUT2D eigenvalue weighted by Crippen LogP contribution is 2.33. The van der Waals surface area contributed by atoms with E-state index in [2.05, 4.69) is 52.2 Å². The minimum absolute atomic E-state index is 0.00302. The van der Waals surface area contributed by atoms with Crippen molar-refractivity contribution in [2.45, 2.75) is 31.3 Å². The van der Waals surface area contributed by atoms with Gasteiger partial charge in [0.05, 0.1) is 6.04 Å². The molecular weight excluding hydrogens is 414 g/mol. The molecule has 2 heterocycles. The zero-order valence-corrected chi connectivity index (χ0v) is 18.4. The summed E-state index contributed by atoms with van der Waals surface area (Å²) in [5.41, 5.74) is 5.81. The van der Waals surface area contributed by atoms with E-state index in [4.69, 9.17) is 0 Å². The van der Waals surface area contributed by atoms with E-state index in [1.807, 2.05) is 36.4 Å². The normalized spacial score (nSPS) is 19.7. The number of fused-ring (bicyclic) bond motifs is 2. The van der Waals surface area contributed by atoms with Gasteiger partial charge in [-0.3, -0.25) is 14.6 Å². The molecule has 2 N–H and O–H groups in total. The first-order chi connectivity index (χ1) is 16.2. The van der Waals surface area contributed by atoms with Gasteiger partial charge in [-0.1, -0.05) is 72.8 Å². The monoisotopic (exact) mass is 441 g/mol. The van der Waals surface area contributed by atoms with Gasteiger partial charge in [-0.2, -0.15) is 5.10 Å². The first-order valence-electron chi connectivity index (χ1n) is 11.4. The maximum atomic E-state index is 13.0. The molecule has 33 heavy (non-hydrogen) atoms. The molecule has 1 saturated heterocycles. The Hall–Kier alpha value is -3.71. The van der Waals surface area contributed by atoms with Crippen LogP contribution in [0.2, 0.25) is 0 Å². The molecule has 2 aliphatic heterocycles. The Morgan fingerprint density at radius 3 is 2.70 bits per heavy atom. The highest BCUT2D eigenvalue weighted by molar-refractivity contribution is 5.91. The third kappa shape index (κ3) is 4.59. The highest BCUT2D eigenvalue weighted by atomic mass is 16.2. The summed E-state index contributed by atoms with van der Waals surface area (Å²) in [6, 6.07) is 24.3. The van der Waals surface area contributed by atoms with Crippen molar-refractivity contribution >= 4 is 28.9 Å². The summed E-state index contributed by atoms with van der Waals surface area (Å²) < 4.78 is 0. The Bertz CT molecular complexity index is 1170. The third-order valence-electron chi connectivity index (χ3n) is 6.25. The Morgan fingerprint density at radius 1 is 1.03 bits per heavy atom. The lowest BCUT2D eigenvalue weighted by molar-refractivity contribution is -0.140. The van der Waals surface area contributed by atoms with Crippen molar-refractivity contribution in [1.82, 2.24) is 20.8 Å². The second-order valence-electron chi connectivity index (χ2n) is 8.47. The van der Waals surface area contributed by atoms with Crippen LogP contribution in [0.4, 0.5) is 0 Å². The summed E-state index contributed by atoms with van der Waals surface area (Å²) in [5.74, 6) is -0.356. The van der Waals surface area contributed by atoms with Gasteiger partial charge in [0.25, 0.3) is 5.91 Å². The summed E-state index contributed by atoms with van der Waals surface area (Å²) >= 11 is 0. The van der Waals surface area contributed by atoms with E-state index in [0.29, 0.717) is 13.0 Å². The predicted octanol–water partition coefficient (Wildman–Crippen LogP) is 2.99. The van der Waals surface area contributed by atoms with Crippen LogP contribution in [0.3, 0.4) is 0 Å². The van der Waals surface area contributed by atoms with E-state index < -0.39 is 0 Å². The van der Waals surface area contributed by atoms with Crippen LogP contribution in [0.25, 0.3) is 10.8 Å². The van der Waals surface area contributed by atoms with Gasteiger partial charge in [-0.25, -0.2) is 10.4 Å². The van der Waals surface area contributed by atoms with Crippen LogP contribution in [-0.2, 0) is 16.0 Å². The smallest absolute Gasteiger partial charge is 0.267 e. The van der Waals surface area contributed by atoms with Crippen LogP contribution in [0.1, 0.15) is 30.0 Å². The third-order valence-corrected chi connectivity index (χ3v) is 6.25.